The third-order valence-corrected chi connectivity index (χ3v) is 11.8. The Bertz CT molecular complexity index is 2200. The van der Waals surface area contributed by atoms with Crippen molar-refractivity contribution in [3.63, 3.8) is 0 Å². The van der Waals surface area contributed by atoms with Crippen LogP contribution in [0.4, 0.5) is 29.1 Å². The predicted molar refractivity (Wildman–Crippen MR) is 184 cm³/mol. The molecule has 4 aromatic rings. The van der Waals surface area contributed by atoms with Crippen LogP contribution >= 0.6 is 0 Å². The lowest BCUT2D eigenvalue weighted by atomic mass is 9.89. The minimum absolute atomic E-state index is 0.0605. The summed E-state index contributed by atoms with van der Waals surface area (Å²) in [4.78, 5) is 26.2. The summed E-state index contributed by atoms with van der Waals surface area (Å²) in [6.45, 7) is 3.58. The highest BCUT2D eigenvalue weighted by Crippen LogP contribution is 2.69. The number of amides is 1. The molecular weight excluding hydrogens is 664 g/mol. The molecule has 4 atom stereocenters. The van der Waals surface area contributed by atoms with Crippen LogP contribution in [0.1, 0.15) is 51.0 Å². The number of terminal acetylenes is 1. The molecule has 5 heterocycles. The second-order valence-electron chi connectivity index (χ2n) is 15.1. The average molecular weight is 701 g/mol. The molecule has 9 rings (SSSR count). The maximum atomic E-state index is 17.5. The number of phenolic OH excluding ortho intramolecular Hbond substituents is 1. The molecule has 2 bridgehead atoms. The van der Waals surface area contributed by atoms with Crippen LogP contribution in [0.15, 0.2) is 30.3 Å². The Morgan fingerprint density at radius 3 is 2.63 bits per heavy atom. The molecule has 5 fully saturated rings. The van der Waals surface area contributed by atoms with Crippen LogP contribution in [0.25, 0.3) is 32.8 Å². The van der Waals surface area contributed by atoms with Gasteiger partial charge >= 0.3 is 6.01 Å². The lowest BCUT2D eigenvalue weighted by Crippen LogP contribution is -2.51. The first kappa shape index (κ1) is 32.3. The van der Waals surface area contributed by atoms with Crippen molar-refractivity contribution in [2.75, 3.05) is 43.0 Å². The van der Waals surface area contributed by atoms with Gasteiger partial charge in [0, 0.05) is 61.4 Å². The van der Waals surface area contributed by atoms with E-state index >= 15 is 8.78 Å². The third-order valence-electron chi connectivity index (χ3n) is 11.8. The zero-order chi connectivity index (χ0) is 35.4. The van der Waals surface area contributed by atoms with Gasteiger partial charge in [0.05, 0.1) is 22.2 Å². The minimum atomic E-state index is -2.69. The molecule has 0 radical (unpaired) electrons. The molecule has 1 spiro atoms. The van der Waals surface area contributed by atoms with Crippen LogP contribution in [-0.4, -0.2) is 82.2 Å². The number of carbonyl (C=O) groups is 1. The van der Waals surface area contributed by atoms with Crippen LogP contribution in [-0.2, 0) is 4.79 Å². The quantitative estimate of drug-likeness (QED) is 0.168. The molecule has 3 aromatic carbocycles. The number of phenols is 1. The number of hydrogen-bond donors (Lipinski definition) is 3. The van der Waals surface area contributed by atoms with Crippen LogP contribution in [0, 0.1) is 29.4 Å². The van der Waals surface area contributed by atoms with Gasteiger partial charge < -0.3 is 25.4 Å². The highest BCUT2D eigenvalue weighted by atomic mass is 19.3. The molecule has 1 saturated carbocycles. The van der Waals surface area contributed by atoms with E-state index in [1.165, 1.54) is 31.2 Å². The van der Waals surface area contributed by atoms with Crippen molar-refractivity contribution >= 4 is 39.1 Å². The topological polar surface area (TPSA) is 103 Å². The lowest BCUT2D eigenvalue weighted by molar-refractivity contribution is -0.114. The van der Waals surface area contributed by atoms with Crippen molar-refractivity contribution in [1.29, 1.82) is 0 Å². The summed E-state index contributed by atoms with van der Waals surface area (Å²) >= 11 is 0. The Morgan fingerprint density at radius 2 is 1.92 bits per heavy atom. The van der Waals surface area contributed by atoms with E-state index < -0.39 is 34.4 Å². The predicted octanol–water partition coefficient (Wildman–Crippen LogP) is 5.96. The van der Waals surface area contributed by atoms with Crippen LogP contribution in [0.5, 0.6) is 11.8 Å². The van der Waals surface area contributed by atoms with Crippen LogP contribution in [0.2, 0.25) is 0 Å². The Hall–Kier alpha value is -4.67. The zero-order valence-corrected chi connectivity index (χ0v) is 28.0. The van der Waals surface area contributed by atoms with Crippen LogP contribution < -0.4 is 20.3 Å². The summed E-state index contributed by atoms with van der Waals surface area (Å²) in [5.41, 5.74) is -1.90. The first-order chi connectivity index (χ1) is 24.4. The monoisotopic (exact) mass is 700 g/mol. The number of rotatable bonds is 6. The number of fused-ring (bicyclic) bond motifs is 5. The van der Waals surface area contributed by atoms with E-state index in [9.17, 15) is 18.7 Å². The maximum Gasteiger partial charge on any atom is 0.319 e. The molecule has 5 aliphatic rings. The molecule has 13 heteroatoms. The molecule has 264 valence electrons. The fourth-order valence-electron chi connectivity index (χ4n) is 9.43. The van der Waals surface area contributed by atoms with Gasteiger partial charge in [-0.15, -0.1) is 6.42 Å². The minimum Gasteiger partial charge on any atom is -0.508 e. The fraction of sp³-hybridized carbons (Fsp3) is 0.447. The van der Waals surface area contributed by atoms with E-state index in [1.807, 2.05) is 0 Å². The van der Waals surface area contributed by atoms with Crippen LogP contribution in [0.3, 0.4) is 0 Å². The Balaban J connectivity index is 1.22. The number of aromatic hydroxyl groups is 1. The average Bonchev–Trinajstić information content (AvgIpc) is 3.41. The number of aromatic nitrogens is 2. The second kappa shape index (κ2) is 11.2. The summed E-state index contributed by atoms with van der Waals surface area (Å²) < 4.78 is 68.0. The summed E-state index contributed by atoms with van der Waals surface area (Å²) in [5.74, 6) is -2.19. The largest absolute Gasteiger partial charge is 0.508 e. The standard InChI is InChI=1S/C38H36F4N6O3/c1-3-25-28(39)8-5-21-11-24(50)12-26(30(21)25)31-29(43-20(2)49)13-27-33(32(31)40)45-35(46-34(27)47-14-22-6-7-23(15-47)44-22)51-19-37-9-4-10-48(37)18-36(16-37)17-38(36,41)42/h1,5,8,11-13,22-23,44,50H,4,6-7,9-10,14-19H2,2H3,(H,43,49)/t22-,23+,36-,37-/m0/s1. The van der Waals surface area contributed by atoms with Gasteiger partial charge in [0.1, 0.15) is 29.5 Å². The van der Waals surface area contributed by atoms with Crippen molar-refractivity contribution in [2.24, 2.45) is 5.41 Å². The summed E-state index contributed by atoms with van der Waals surface area (Å²) in [6, 6.07) is 7.20. The molecule has 1 aliphatic carbocycles. The van der Waals surface area contributed by atoms with Gasteiger partial charge in [-0.05, 0) is 73.9 Å². The number of nitrogens with one attached hydrogen (secondary N) is 2. The number of ether oxygens (including phenoxy) is 1. The molecule has 51 heavy (non-hydrogen) atoms. The number of benzene rings is 3. The normalized spacial score (nSPS) is 27.6. The third kappa shape index (κ3) is 5.01. The SMILES string of the molecule is C#Cc1c(F)ccc2cc(O)cc(-c3c(NC(C)=O)cc4c(N5C[C@H]6CC[C@@H](C5)N6)nc(OC[C@@]56CCCN5C[C@@]5(CC5(F)F)C6)nc4c3F)c12. The van der Waals surface area contributed by atoms with Crippen molar-refractivity contribution in [2.45, 2.75) is 69.0 Å². The number of anilines is 2. The molecule has 0 unspecified atom stereocenters. The van der Waals surface area contributed by atoms with E-state index in [1.54, 1.807) is 6.07 Å². The summed E-state index contributed by atoms with van der Waals surface area (Å²) in [7, 11) is 0. The zero-order valence-electron chi connectivity index (χ0n) is 28.0. The van der Waals surface area contributed by atoms with Gasteiger partial charge in [-0.3, -0.25) is 9.69 Å². The highest BCUT2D eigenvalue weighted by molar-refractivity contribution is 6.09. The van der Waals surface area contributed by atoms with Gasteiger partial charge in [-0.25, -0.2) is 17.6 Å². The summed E-state index contributed by atoms with van der Waals surface area (Å²) in [6.07, 6.45) is 9.45. The van der Waals surface area contributed by atoms with Crippen molar-refractivity contribution in [3.8, 4) is 35.2 Å². The first-order valence-electron chi connectivity index (χ1n) is 17.4. The van der Waals surface area contributed by atoms with Gasteiger partial charge in [-0.1, -0.05) is 12.0 Å². The highest BCUT2D eigenvalue weighted by Gasteiger charge is 2.77. The van der Waals surface area contributed by atoms with Gasteiger partial charge in [-0.2, -0.15) is 9.97 Å². The van der Waals surface area contributed by atoms with Crippen molar-refractivity contribution in [3.05, 3.63) is 47.5 Å². The second-order valence-corrected chi connectivity index (χ2v) is 15.1. The van der Waals surface area contributed by atoms with E-state index in [-0.39, 0.29) is 70.2 Å². The lowest BCUT2D eigenvalue weighted by Gasteiger charge is -2.35. The molecule has 9 nitrogen and oxygen atoms in total. The Morgan fingerprint density at radius 1 is 1.16 bits per heavy atom. The molecular formula is C38H36F4N6O3. The van der Waals surface area contributed by atoms with Gasteiger partial charge in [0.15, 0.2) is 5.82 Å². The number of alkyl halides is 2. The van der Waals surface area contributed by atoms with E-state index in [0.717, 1.165) is 19.3 Å². The first-order valence-corrected chi connectivity index (χ1v) is 17.4. The van der Waals surface area contributed by atoms with E-state index in [2.05, 4.69) is 31.3 Å². The van der Waals surface area contributed by atoms with E-state index in [4.69, 9.17) is 16.1 Å². The van der Waals surface area contributed by atoms with Gasteiger partial charge in [0.25, 0.3) is 5.92 Å². The number of carbonyl (C=O) groups excluding carboxylic acids is 1. The molecule has 3 N–H and O–H groups in total. The maximum absolute atomic E-state index is 17.5. The fourth-order valence-corrected chi connectivity index (χ4v) is 9.43. The van der Waals surface area contributed by atoms with Crippen molar-refractivity contribution < 1.29 is 32.2 Å². The molecule has 1 aromatic heterocycles. The number of halogens is 4. The smallest absolute Gasteiger partial charge is 0.319 e. The number of hydrogen-bond acceptors (Lipinski definition) is 8. The molecule has 4 saturated heterocycles. The van der Waals surface area contributed by atoms with Crippen molar-refractivity contribution in [1.82, 2.24) is 20.2 Å². The van der Waals surface area contributed by atoms with Gasteiger partial charge in [0.2, 0.25) is 5.91 Å². The Labute approximate surface area is 291 Å². The number of nitrogens with zero attached hydrogens (tertiary/aromatic N) is 4. The number of piperazine rings is 1. The molecule has 1 amide bonds. The summed E-state index contributed by atoms with van der Waals surface area (Å²) in [5, 5.41) is 17.9. The van der Waals surface area contributed by atoms with E-state index in [0.29, 0.717) is 55.6 Å². The Kier molecular flexibility index (Phi) is 7.06. The molecule has 4 aliphatic heterocycles.